The molecule has 20 heavy (non-hydrogen) atoms. The Balaban J connectivity index is 1.83. The third-order valence-corrected chi connectivity index (χ3v) is 5.07. The molecule has 1 aliphatic heterocycles. The van der Waals surface area contributed by atoms with E-state index in [4.69, 9.17) is 0 Å². The van der Waals surface area contributed by atoms with Crippen LogP contribution in [0.5, 0.6) is 0 Å². The van der Waals surface area contributed by atoms with Gasteiger partial charge < -0.3 is 15.1 Å². The van der Waals surface area contributed by atoms with Crippen molar-refractivity contribution in [3.63, 3.8) is 0 Å². The molecule has 1 aliphatic rings. The second-order valence-corrected chi connectivity index (χ2v) is 6.80. The van der Waals surface area contributed by atoms with E-state index in [2.05, 4.69) is 16.3 Å². The van der Waals surface area contributed by atoms with Gasteiger partial charge in [0.15, 0.2) is 0 Å². The number of hydrogen-bond donors (Lipinski definition) is 1. The Hall–Kier alpha value is -1.05. The Morgan fingerprint density at radius 3 is 2.90 bits per heavy atom. The van der Waals surface area contributed by atoms with Crippen molar-refractivity contribution >= 4 is 34.9 Å². The zero-order valence-electron chi connectivity index (χ0n) is 11.7. The normalized spacial score (nSPS) is 16.8. The lowest BCUT2D eigenvalue weighted by molar-refractivity contribution is -0.132. The smallest absolute Gasteiger partial charge is 0.239 e. The second kappa shape index (κ2) is 7.10. The molecule has 1 saturated heterocycles. The van der Waals surface area contributed by atoms with Crippen molar-refractivity contribution in [1.82, 2.24) is 15.1 Å². The van der Waals surface area contributed by atoms with Gasteiger partial charge in [0.2, 0.25) is 11.8 Å². The van der Waals surface area contributed by atoms with Crippen molar-refractivity contribution in [2.24, 2.45) is 0 Å². The first-order valence-electron chi connectivity index (χ1n) is 6.40. The zero-order valence-corrected chi connectivity index (χ0v) is 13.3. The van der Waals surface area contributed by atoms with Crippen LogP contribution in [0.15, 0.2) is 17.5 Å². The van der Waals surface area contributed by atoms with E-state index in [1.807, 2.05) is 25.5 Å². The summed E-state index contributed by atoms with van der Waals surface area (Å²) in [6.45, 7) is 0.720. The summed E-state index contributed by atoms with van der Waals surface area (Å²) in [6, 6.07) is 4.25. The van der Waals surface area contributed by atoms with E-state index in [0.717, 1.165) is 0 Å². The van der Waals surface area contributed by atoms with Crippen LogP contribution in [-0.2, 0) is 9.59 Å². The largest absolute Gasteiger partial charge is 0.353 e. The summed E-state index contributed by atoms with van der Waals surface area (Å²) in [5, 5.41) is 4.96. The molecule has 0 bridgehead atoms. The van der Waals surface area contributed by atoms with E-state index < -0.39 is 0 Å². The number of rotatable bonds is 6. The molecule has 0 saturated carbocycles. The highest BCUT2D eigenvalue weighted by atomic mass is 32.2. The average molecular weight is 313 g/mol. The first-order chi connectivity index (χ1) is 9.58. The predicted octanol–water partition coefficient (Wildman–Crippen LogP) is 1.000. The summed E-state index contributed by atoms with van der Waals surface area (Å²) in [7, 11) is 3.99. The van der Waals surface area contributed by atoms with Crippen LogP contribution in [0.25, 0.3) is 0 Å². The molecule has 0 spiro atoms. The number of carbonyl (C=O) groups is 2. The van der Waals surface area contributed by atoms with E-state index in [1.54, 1.807) is 28.0 Å². The number of amides is 2. The molecule has 2 heterocycles. The topological polar surface area (TPSA) is 52.7 Å². The van der Waals surface area contributed by atoms with Crippen molar-refractivity contribution in [3.8, 4) is 0 Å². The lowest BCUT2D eigenvalue weighted by atomic mass is 10.2. The fourth-order valence-corrected chi connectivity index (χ4v) is 3.83. The molecule has 110 valence electrons. The van der Waals surface area contributed by atoms with Crippen molar-refractivity contribution < 1.29 is 9.59 Å². The third-order valence-electron chi connectivity index (χ3n) is 3.15. The van der Waals surface area contributed by atoms with Gasteiger partial charge in [-0.25, -0.2) is 0 Å². The molecule has 1 aromatic heterocycles. The van der Waals surface area contributed by atoms with Crippen LogP contribution in [0.1, 0.15) is 10.9 Å². The summed E-state index contributed by atoms with van der Waals surface area (Å²) in [4.78, 5) is 28.3. The van der Waals surface area contributed by atoms with Gasteiger partial charge in [0, 0.05) is 11.4 Å². The second-order valence-electron chi connectivity index (χ2n) is 4.87. The summed E-state index contributed by atoms with van der Waals surface area (Å²) in [6.07, 6.45) is 0. The highest BCUT2D eigenvalue weighted by Gasteiger charge is 2.23. The van der Waals surface area contributed by atoms with Gasteiger partial charge in [-0.05, 0) is 25.5 Å². The lowest BCUT2D eigenvalue weighted by Gasteiger charge is -2.24. The van der Waals surface area contributed by atoms with Crippen LogP contribution in [0.4, 0.5) is 0 Å². The zero-order chi connectivity index (χ0) is 14.5. The molecular weight excluding hydrogens is 294 g/mol. The van der Waals surface area contributed by atoms with E-state index in [0.29, 0.717) is 18.2 Å². The molecule has 0 radical (unpaired) electrons. The molecule has 5 nitrogen and oxygen atoms in total. The van der Waals surface area contributed by atoms with Gasteiger partial charge in [-0.3, -0.25) is 9.59 Å². The Kier molecular flexibility index (Phi) is 5.45. The molecule has 1 unspecified atom stereocenters. The van der Waals surface area contributed by atoms with Crippen molar-refractivity contribution in [1.29, 1.82) is 0 Å². The van der Waals surface area contributed by atoms with Crippen LogP contribution < -0.4 is 5.32 Å². The number of hydrogen-bond acceptors (Lipinski definition) is 5. The predicted molar refractivity (Wildman–Crippen MR) is 82.8 cm³/mol. The first kappa shape index (κ1) is 15.3. The molecule has 2 rings (SSSR count). The number of thioether (sulfide) groups is 1. The summed E-state index contributed by atoms with van der Waals surface area (Å²) in [5.41, 5.74) is 0. The molecule has 2 amide bonds. The number of likely N-dealkylation sites (N-methyl/N-ethyl adjacent to an activating group) is 1. The Labute approximate surface area is 127 Å². The Morgan fingerprint density at radius 1 is 1.55 bits per heavy atom. The first-order valence-corrected chi connectivity index (χ1v) is 8.43. The average Bonchev–Trinajstić information content (AvgIpc) is 3.02. The van der Waals surface area contributed by atoms with Crippen LogP contribution in [-0.4, -0.2) is 60.4 Å². The Bertz CT molecular complexity index is 462. The van der Waals surface area contributed by atoms with Gasteiger partial charge in [0.05, 0.1) is 17.7 Å². The van der Waals surface area contributed by atoms with Crippen LogP contribution in [0.3, 0.4) is 0 Å². The van der Waals surface area contributed by atoms with E-state index in [9.17, 15) is 9.59 Å². The molecule has 1 N–H and O–H groups in total. The highest BCUT2D eigenvalue weighted by Crippen LogP contribution is 2.22. The van der Waals surface area contributed by atoms with E-state index in [1.165, 1.54) is 4.88 Å². The summed E-state index contributed by atoms with van der Waals surface area (Å²) >= 11 is 3.23. The summed E-state index contributed by atoms with van der Waals surface area (Å²) < 4.78 is 0. The number of thiophene rings is 1. The maximum absolute atomic E-state index is 11.9. The minimum Gasteiger partial charge on any atom is -0.353 e. The van der Waals surface area contributed by atoms with Crippen molar-refractivity contribution in [2.75, 3.05) is 38.8 Å². The van der Waals surface area contributed by atoms with Crippen molar-refractivity contribution in [2.45, 2.75) is 6.04 Å². The molecule has 1 aromatic rings. The Morgan fingerprint density at radius 2 is 2.35 bits per heavy atom. The van der Waals surface area contributed by atoms with Gasteiger partial charge in [-0.15, -0.1) is 23.1 Å². The third kappa shape index (κ3) is 3.97. The fourth-order valence-electron chi connectivity index (χ4n) is 2.00. The van der Waals surface area contributed by atoms with Crippen molar-refractivity contribution in [3.05, 3.63) is 22.4 Å². The van der Waals surface area contributed by atoms with Crippen LogP contribution in [0, 0.1) is 0 Å². The monoisotopic (exact) mass is 313 g/mol. The maximum atomic E-state index is 11.9. The van der Waals surface area contributed by atoms with Gasteiger partial charge in [0.25, 0.3) is 0 Å². The molecule has 7 heteroatoms. The number of carbonyl (C=O) groups excluding carboxylic acids is 2. The SMILES string of the molecule is CN(C)C(CNC(=O)CN1CSCC1=O)c1cccs1. The minimum absolute atomic E-state index is 0.0487. The van der Waals surface area contributed by atoms with Crippen LogP contribution in [0.2, 0.25) is 0 Å². The van der Waals surface area contributed by atoms with Crippen LogP contribution >= 0.6 is 23.1 Å². The highest BCUT2D eigenvalue weighted by molar-refractivity contribution is 8.00. The minimum atomic E-state index is -0.0933. The lowest BCUT2D eigenvalue weighted by Crippen LogP contribution is -2.41. The van der Waals surface area contributed by atoms with E-state index >= 15 is 0 Å². The molecule has 1 fully saturated rings. The molecular formula is C13H19N3O2S2. The standard InChI is InChI=1S/C13H19N3O2S2/c1-15(2)10(11-4-3-5-20-11)6-14-12(17)7-16-9-19-8-13(16)18/h3-5,10H,6-9H2,1-2H3,(H,14,17). The quantitative estimate of drug-likeness (QED) is 0.851. The molecule has 0 aromatic carbocycles. The fraction of sp³-hybridized carbons (Fsp3) is 0.538. The number of nitrogens with one attached hydrogen (secondary N) is 1. The molecule has 1 atom stereocenters. The molecule has 0 aliphatic carbocycles. The number of nitrogens with zero attached hydrogens (tertiary/aromatic N) is 2. The van der Waals surface area contributed by atoms with Gasteiger partial charge >= 0.3 is 0 Å². The van der Waals surface area contributed by atoms with Gasteiger partial charge in [-0.1, -0.05) is 6.07 Å². The summed E-state index contributed by atoms with van der Waals surface area (Å²) in [5.74, 6) is 1.06. The van der Waals surface area contributed by atoms with E-state index in [-0.39, 0.29) is 24.4 Å². The van der Waals surface area contributed by atoms with Gasteiger partial charge in [-0.2, -0.15) is 0 Å². The maximum Gasteiger partial charge on any atom is 0.239 e. The van der Waals surface area contributed by atoms with Gasteiger partial charge in [0.1, 0.15) is 6.54 Å².